The number of aliphatic hydroxyl groups excluding tert-OH is 4. The highest BCUT2D eigenvalue weighted by Crippen LogP contribution is 2.52. The fourth-order valence-electron chi connectivity index (χ4n) is 21.8. The van der Waals surface area contributed by atoms with Gasteiger partial charge >= 0.3 is 11.9 Å². The van der Waals surface area contributed by atoms with Crippen LogP contribution in [0.15, 0.2) is 94.2 Å². The number of aliphatic hydroxyl groups is 6. The molecule has 0 aromatic rings. The molecule has 4 bridgehead atoms. The molecule has 0 saturated carbocycles. The Balaban J connectivity index is 0.000000212. The predicted molar refractivity (Wildman–Crippen MR) is 450 cm³/mol. The highest BCUT2D eigenvalue weighted by molar-refractivity contribution is 5.79. The van der Waals surface area contributed by atoms with Gasteiger partial charge in [-0.1, -0.05) is 123 Å². The molecule has 0 amide bonds. The third-order valence-electron chi connectivity index (χ3n) is 29.3. The highest BCUT2D eigenvalue weighted by Gasteiger charge is 2.63. The van der Waals surface area contributed by atoms with Gasteiger partial charge in [0.25, 0.3) is 0 Å². The van der Waals surface area contributed by atoms with Crippen molar-refractivity contribution in [1.82, 2.24) is 0 Å². The summed E-state index contributed by atoms with van der Waals surface area (Å²) in [6.07, 6.45) is 12.1. The van der Waals surface area contributed by atoms with Crippen molar-refractivity contribution < 1.29 is 135 Å². The smallest absolute Gasteiger partial charge is 0.316 e. The quantitative estimate of drug-likeness (QED) is 0.0655. The Morgan fingerprint density at radius 2 is 0.846 bits per heavy atom. The van der Waals surface area contributed by atoms with E-state index in [1.807, 2.05) is 38.2 Å². The van der Waals surface area contributed by atoms with Gasteiger partial charge in [-0.2, -0.15) is 0 Å². The lowest BCUT2D eigenvalue weighted by Gasteiger charge is -2.51. The Kier molecular flexibility index (Phi) is 31.9. The van der Waals surface area contributed by atoms with Crippen LogP contribution < -0.4 is 0 Å². The van der Waals surface area contributed by atoms with Gasteiger partial charge in [-0.15, -0.1) is 0 Å². The molecule has 39 atom stereocenters. The minimum atomic E-state index is -1.82. The van der Waals surface area contributed by atoms with E-state index in [-0.39, 0.29) is 67.6 Å². The number of methoxy groups -OCH3 is 4. The molecule has 10 fully saturated rings. The maximum atomic E-state index is 14.4. The zero-order chi connectivity index (χ0) is 88.6. The Labute approximate surface area is 728 Å². The molecular weight excluding hydrogens is 1590 g/mol. The number of rotatable bonds is 15. The van der Waals surface area contributed by atoms with Crippen LogP contribution in [0.2, 0.25) is 0 Å². The van der Waals surface area contributed by atoms with Crippen LogP contribution in [0, 0.1) is 47.3 Å². The molecule has 28 nitrogen and oxygen atoms in total. The van der Waals surface area contributed by atoms with E-state index in [1.165, 1.54) is 0 Å². The first-order valence-corrected chi connectivity index (χ1v) is 45.8. The van der Waals surface area contributed by atoms with Gasteiger partial charge in [0.05, 0.1) is 98.7 Å². The van der Waals surface area contributed by atoms with Gasteiger partial charge in [0.15, 0.2) is 36.7 Å². The minimum absolute atomic E-state index is 0.00708. The second-order valence-corrected chi connectivity index (χ2v) is 38.6. The summed E-state index contributed by atoms with van der Waals surface area (Å²) in [6.45, 7) is 32.5. The van der Waals surface area contributed by atoms with E-state index in [1.54, 1.807) is 80.4 Å². The van der Waals surface area contributed by atoms with Crippen molar-refractivity contribution >= 4 is 11.9 Å². The summed E-state index contributed by atoms with van der Waals surface area (Å²) >= 11 is 0. The average Bonchev–Trinajstić information content (AvgIpc) is 1.61. The largest absolute Gasteiger partial charge is 0.462 e. The SMILES string of the molecule is CC[C@@H](C)[C@H]1O[C@]2(CC[C@@H]1C)C[C@@H]1C[C@H](C/C=C(/C)[C@H](O[C@@H]3C[C@H](OC)[C@H](O[C@@H]4C[C@H](OC)[C@@H](O)[C@H](C)O4)[C@H](C)O3)[C@@H](C)/C=C\C=C3CO[C@@H]4[C@H](O)C(C)=C[C@@H](C(=O)O1)[C@]34O)O2.CO[C@H]1C[C@@H](O[C@@H]2[C@H](C)O[C@H](O[C@H]3/C(C)=C\C[C@H]4C[C@@H](C[C@]5(CC[C@H](C)[C@@H](C(C)C)O5)O4)OC(=O)[C@@H]4C=C(C)[C@@H](O)[C@H]5OCC(=C/C=C\[C@@H]3C)[C@]54O)C[C@@H]2OC)O[C@@H](C)[C@@H]1O. The normalized spacial score (nSPS) is 48.6. The van der Waals surface area contributed by atoms with Crippen LogP contribution in [0.25, 0.3) is 0 Å². The van der Waals surface area contributed by atoms with Crippen molar-refractivity contribution in [2.75, 3.05) is 41.7 Å². The molecule has 12 heterocycles. The van der Waals surface area contributed by atoms with Gasteiger partial charge in [0.1, 0.15) is 84.1 Å². The van der Waals surface area contributed by atoms with E-state index in [0.29, 0.717) is 117 Å². The van der Waals surface area contributed by atoms with Gasteiger partial charge in [-0.3, -0.25) is 9.59 Å². The van der Waals surface area contributed by atoms with Crippen LogP contribution in [0.5, 0.6) is 0 Å². The lowest BCUT2D eigenvalue weighted by atomic mass is 9.71. The first-order valence-electron chi connectivity index (χ1n) is 45.8. The average molecular weight is 1740 g/mol. The van der Waals surface area contributed by atoms with Crippen molar-refractivity contribution in [3.05, 3.63) is 94.2 Å². The van der Waals surface area contributed by atoms with Crippen molar-refractivity contribution in [2.24, 2.45) is 47.3 Å². The minimum Gasteiger partial charge on any atom is -0.462 e. The first-order chi connectivity index (χ1) is 58.5. The maximum Gasteiger partial charge on any atom is 0.316 e. The van der Waals surface area contributed by atoms with Gasteiger partial charge < -0.3 is 125 Å². The number of ether oxygens (including phenoxy) is 20. The molecule has 2 aliphatic carbocycles. The van der Waals surface area contributed by atoms with Gasteiger partial charge in [0, 0.05) is 104 Å². The van der Waals surface area contributed by atoms with E-state index in [0.717, 1.165) is 30.4 Å². The Bertz CT molecular complexity index is 3810. The van der Waals surface area contributed by atoms with Gasteiger partial charge in [-0.25, -0.2) is 0 Å². The predicted octanol–water partition coefficient (Wildman–Crippen LogP) is 10.8. The number of esters is 2. The molecule has 6 N–H and O–H groups in total. The van der Waals surface area contributed by atoms with Crippen LogP contribution in [0.4, 0.5) is 0 Å². The molecular formula is C95H146O28. The second-order valence-electron chi connectivity index (χ2n) is 38.6. The molecule has 123 heavy (non-hydrogen) atoms. The zero-order valence-corrected chi connectivity index (χ0v) is 76.2. The van der Waals surface area contributed by atoms with Gasteiger partial charge in [0.2, 0.25) is 0 Å². The number of hydrogen-bond acceptors (Lipinski definition) is 28. The zero-order valence-electron chi connectivity index (χ0n) is 76.2. The topological polar surface area (TPSA) is 340 Å². The molecule has 12 aliphatic heterocycles. The van der Waals surface area contributed by atoms with Crippen LogP contribution in [-0.2, 0) is 104 Å². The molecule has 10 saturated heterocycles. The summed E-state index contributed by atoms with van der Waals surface area (Å²) in [4.78, 5) is 28.7. The Morgan fingerprint density at radius 1 is 0.472 bits per heavy atom. The molecule has 0 aromatic heterocycles. The lowest BCUT2D eigenvalue weighted by molar-refractivity contribution is -0.341. The molecule has 2 spiro atoms. The summed E-state index contributed by atoms with van der Waals surface area (Å²) in [5, 5.41) is 68.4. The number of carbonyl (C=O) groups excluding carboxylic acids is 2. The molecule has 28 heteroatoms. The van der Waals surface area contributed by atoms with Crippen LogP contribution in [0.3, 0.4) is 0 Å². The second kappa shape index (κ2) is 40.7. The van der Waals surface area contributed by atoms with E-state index in [4.69, 9.17) is 94.7 Å². The van der Waals surface area contributed by atoms with Crippen LogP contribution >= 0.6 is 0 Å². The fourth-order valence-corrected chi connectivity index (χ4v) is 21.8. The van der Waals surface area contributed by atoms with E-state index in [9.17, 15) is 40.2 Å². The Hall–Kier alpha value is -4.10. The molecule has 0 aromatic carbocycles. The summed E-state index contributed by atoms with van der Waals surface area (Å²) < 4.78 is 128. The van der Waals surface area contributed by atoms with Crippen LogP contribution in [0.1, 0.15) is 207 Å². The lowest BCUT2D eigenvalue weighted by Crippen LogP contribution is -2.58. The van der Waals surface area contributed by atoms with Crippen LogP contribution in [-0.4, -0.2) is 279 Å². The summed E-state index contributed by atoms with van der Waals surface area (Å²) in [5.41, 5.74) is 0.372. The number of allylic oxidation sites excluding steroid dienone is 4. The van der Waals surface area contributed by atoms with Crippen molar-refractivity contribution in [3.63, 3.8) is 0 Å². The van der Waals surface area contributed by atoms with E-state index >= 15 is 0 Å². The molecule has 694 valence electrons. The van der Waals surface area contributed by atoms with E-state index < -0.39 is 182 Å². The van der Waals surface area contributed by atoms with Gasteiger partial charge in [-0.05, 0) is 138 Å². The Morgan fingerprint density at radius 3 is 1.24 bits per heavy atom. The monoisotopic (exact) mass is 1740 g/mol. The standard InChI is InChI=1S/C48H74O14.C47H72O14/c1-11-25(2)43-28(5)17-18-47(62-43)23-34-20-33(61-47)16-15-27(4)42(26(3)13-12-14-32-24-55-45-40(49)29(6)19-35(46(51)58-34)48(32,45)52)59-39-22-37(54-10)44(31(8)57-39)60-38-21-36(53-9)41(50)30(7)56-38;1-24(2)41-27(5)16-17-46(61-41)22-33-19-32(60-46)15-14-26(4)42(25(3)12-11-13-31-23-54-44-39(48)28(6)18-34(45(50)57-33)47(31,44)51)58-38-21-36(53-10)43(30(8)56-38)59-37-20-35(52-9)40(49)29(7)55-37/h12-15,19,25-26,28,30-31,33-45,49-50,52H,11,16-18,20-24H2,1-10H3;11-14,18,24-25,27,29-30,32-44,48-49,51H,15-17,19-23H2,1-10H3/b13-12-,27-15-,32-14?;12-11-,26-14-,31-13?/t25-,26+,28+,30+,31+,33+,34+,35+,36+,37+,38-,39-,40-,41+,42-,43-,44-,45-,47-,48-;25-,27-,29-,30-,32-,33-,34-,35-,36-,37+,38+,39+,40-,41+,42+,43+,44+,46+,47+/m10/s1. The van der Waals surface area contributed by atoms with Crippen molar-refractivity contribution in [2.45, 2.75) is 402 Å². The molecule has 14 rings (SSSR count). The van der Waals surface area contributed by atoms with E-state index in [2.05, 4.69) is 81.4 Å². The third-order valence-corrected chi connectivity index (χ3v) is 29.3. The third kappa shape index (κ3) is 20.8. The summed E-state index contributed by atoms with van der Waals surface area (Å²) in [7, 11) is 6.45. The first kappa shape index (κ1) is 96.5. The number of hydrogen-bond donors (Lipinski definition) is 6. The summed E-state index contributed by atoms with van der Waals surface area (Å²) in [6, 6.07) is 0. The molecule has 0 radical (unpaired) electrons. The fraction of sp³-hybridized carbons (Fsp3) is 0.811. The number of fused-ring (bicyclic) bond motifs is 4. The molecule has 0 unspecified atom stereocenters. The number of carbonyl (C=O) groups is 2. The highest BCUT2D eigenvalue weighted by atomic mass is 16.8. The van der Waals surface area contributed by atoms with Crippen molar-refractivity contribution in [3.8, 4) is 0 Å². The maximum absolute atomic E-state index is 14.4. The molecule has 14 aliphatic rings. The van der Waals surface area contributed by atoms with Crippen molar-refractivity contribution in [1.29, 1.82) is 0 Å². The summed E-state index contributed by atoms with van der Waals surface area (Å²) in [5.74, 6) is -4.25.